The van der Waals surface area contributed by atoms with Gasteiger partial charge in [-0.15, -0.1) is 0 Å². The van der Waals surface area contributed by atoms with Crippen LogP contribution in [-0.4, -0.2) is 23.2 Å². The zero-order valence-electron chi connectivity index (χ0n) is 16.2. The van der Waals surface area contributed by atoms with Gasteiger partial charge < -0.3 is 9.57 Å². The van der Waals surface area contributed by atoms with Gasteiger partial charge in [-0.2, -0.15) is 0 Å². The maximum absolute atomic E-state index is 12.1. The number of hydrogen-bond donors (Lipinski definition) is 0. The van der Waals surface area contributed by atoms with Crippen LogP contribution in [0.4, 0.5) is 5.69 Å². The van der Waals surface area contributed by atoms with Crippen molar-refractivity contribution in [1.82, 2.24) is 0 Å². The van der Waals surface area contributed by atoms with Crippen molar-refractivity contribution in [2.75, 3.05) is 6.61 Å². The molecule has 0 amide bonds. The molecule has 2 aromatic carbocycles. The minimum Gasteiger partial charge on any atom is -0.494 e. The summed E-state index contributed by atoms with van der Waals surface area (Å²) >= 11 is 0. The van der Waals surface area contributed by atoms with E-state index in [2.05, 4.69) is 12.1 Å². The summed E-state index contributed by atoms with van der Waals surface area (Å²) in [5.41, 5.74) is 1.66. The molecule has 1 aliphatic rings. The number of rotatable bonds is 9. The fraction of sp³-hybridized carbons (Fsp3) is 0.273. The number of ether oxygens (including phenoxy) is 1. The summed E-state index contributed by atoms with van der Waals surface area (Å²) < 4.78 is 5.72. The van der Waals surface area contributed by atoms with E-state index in [1.54, 1.807) is 18.2 Å². The summed E-state index contributed by atoms with van der Waals surface area (Å²) in [7, 11) is 0. The second-order valence-electron chi connectivity index (χ2n) is 6.66. The van der Waals surface area contributed by atoms with Crippen molar-refractivity contribution in [3.8, 4) is 5.75 Å². The minimum absolute atomic E-state index is 0.0793. The second kappa shape index (κ2) is 9.64. The average molecular weight is 394 g/mol. The lowest BCUT2D eigenvalue weighted by Gasteiger charge is -2.06. The highest BCUT2D eigenvalue weighted by Crippen LogP contribution is 2.24. The van der Waals surface area contributed by atoms with Crippen LogP contribution < -0.4 is 4.74 Å². The fourth-order valence-electron chi connectivity index (χ4n) is 2.93. The van der Waals surface area contributed by atoms with E-state index in [9.17, 15) is 14.9 Å². The van der Waals surface area contributed by atoms with Gasteiger partial charge in [0.2, 0.25) is 0 Å². The summed E-state index contributed by atoms with van der Waals surface area (Å²) in [6.07, 6.45) is 6.23. The number of carbonyl (C=O) groups excluding carboxylic acids is 1. The number of unbranched alkanes of at least 4 members (excludes halogenated alkanes) is 3. The van der Waals surface area contributed by atoms with Gasteiger partial charge in [0.1, 0.15) is 11.5 Å². The van der Waals surface area contributed by atoms with E-state index in [1.807, 2.05) is 24.3 Å². The fourth-order valence-corrected chi connectivity index (χ4v) is 2.93. The van der Waals surface area contributed by atoms with Crippen LogP contribution in [0, 0.1) is 10.1 Å². The normalized spacial score (nSPS) is 14.6. The third-order valence-corrected chi connectivity index (χ3v) is 4.48. The molecule has 0 spiro atoms. The molecule has 0 fully saturated rings. The van der Waals surface area contributed by atoms with Crippen LogP contribution in [0.1, 0.15) is 43.7 Å². The Hall–Kier alpha value is -3.48. The van der Waals surface area contributed by atoms with E-state index in [-0.39, 0.29) is 17.0 Å². The van der Waals surface area contributed by atoms with Gasteiger partial charge >= 0.3 is 5.97 Å². The van der Waals surface area contributed by atoms with Crippen LogP contribution in [0.25, 0.3) is 6.08 Å². The molecule has 0 bridgehead atoms. The van der Waals surface area contributed by atoms with Crippen molar-refractivity contribution in [3.05, 3.63) is 75.3 Å². The van der Waals surface area contributed by atoms with Gasteiger partial charge in [-0.1, -0.05) is 55.6 Å². The standard InChI is InChI=1S/C22H22N2O5/c1-2-3-4-5-13-28-19-11-9-16(10-12-19)14-20-21(23-29-22(20)25)17-7-6-8-18(15-17)24(26)27/h6-12,14-15H,2-5,13H2,1H3/b20-14-. The number of non-ortho nitro benzene ring substituents is 1. The van der Waals surface area contributed by atoms with Crippen LogP contribution in [0.2, 0.25) is 0 Å². The first-order valence-corrected chi connectivity index (χ1v) is 9.57. The molecule has 0 radical (unpaired) electrons. The molecule has 0 saturated carbocycles. The number of hydrogen-bond acceptors (Lipinski definition) is 6. The molecule has 1 heterocycles. The van der Waals surface area contributed by atoms with Crippen molar-refractivity contribution >= 4 is 23.4 Å². The van der Waals surface area contributed by atoms with Crippen LogP contribution in [-0.2, 0) is 9.63 Å². The summed E-state index contributed by atoms with van der Waals surface area (Å²) in [6.45, 7) is 2.85. The maximum Gasteiger partial charge on any atom is 0.368 e. The predicted molar refractivity (Wildman–Crippen MR) is 110 cm³/mol. The van der Waals surface area contributed by atoms with Gasteiger partial charge in [-0.3, -0.25) is 10.1 Å². The molecule has 0 atom stereocenters. The molecular formula is C22H22N2O5. The number of nitrogens with zero attached hydrogens (tertiary/aromatic N) is 2. The predicted octanol–water partition coefficient (Wildman–Crippen LogP) is 4.90. The Bertz CT molecular complexity index is 948. The molecule has 0 saturated heterocycles. The molecule has 150 valence electrons. The quantitative estimate of drug-likeness (QED) is 0.198. The van der Waals surface area contributed by atoms with E-state index in [4.69, 9.17) is 9.57 Å². The SMILES string of the molecule is CCCCCCOc1ccc(/C=C2\C(=O)ON=C2c2cccc([N+](=O)[O-])c2)cc1. The molecule has 7 heteroatoms. The van der Waals surface area contributed by atoms with Crippen molar-refractivity contribution < 1.29 is 19.3 Å². The number of benzene rings is 2. The first kappa shape index (κ1) is 20.3. The lowest BCUT2D eigenvalue weighted by molar-refractivity contribution is -0.384. The van der Waals surface area contributed by atoms with Crippen LogP contribution in [0.5, 0.6) is 5.75 Å². The van der Waals surface area contributed by atoms with Gasteiger partial charge in [0, 0.05) is 17.7 Å². The molecule has 2 aromatic rings. The average Bonchev–Trinajstić information content (AvgIpc) is 3.09. The lowest BCUT2D eigenvalue weighted by atomic mass is 10.0. The monoisotopic (exact) mass is 394 g/mol. The van der Waals surface area contributed by atoms with Gasteiger partial charge in [-0.25, -0.2) is 4.79 Å². The molecule has 0 aromatic heterocycles. The molecule has 7 nitrogen and oxygen atoms in total. The molecule has 0 N–H and O–H groups in total. The van der Waals surface area contributed by atoms with Crippen LogP contribution in [0.15, 0.2) is 59.3 Å². The zero-order valence-corrected chi connectivity index (χ0v) is 16.2. The highest BCUT2D eigenvalue weighted by Gasteiger charge is 2.27. The maximum atomic E-state index is 12.1. The Balaban J connectivity index is 1.73. The Labute approximate surface area is 168 Å². The van der Waals surface area contributed by atoms with Gasteiger partial charge in [-0.05, 0) is 30.2 Å². The Morgan fingerprint density at radius 3 is 2.66 bits per heavy atom. The van der Waals surface area contributed by atoms with Gasteiger partial charge in [0.25, 0.3) is 5.69 Å². The Morgan fingerprint density at radius 2 is 1.93 bits per heavy atom. The van der Waals surface area contributed by atoms with E-state index in [1.165, 1.54) is 25.0 Å². The highest BCUT2D eigenvalue weighted by molar-refractivity contribution is 6.31. The van der Waals surface area contributed by atoms with Crippen LogP contribution in [0.3, 0.4) is 0 Å². The van der Waals surface area contributed by atoms with Crippen molar-refractivity contribution in [1.29, 1.82) is 0 Å². The van der Waals surface area contributed by atoms with Gasteiger partial charge in [0.15, 0.2) is 0 Å². The highest BCUT2D eigenvalue weighted by atomic mass is 16.7. The van der Waals surface area contributed by atoms with Crippen molar-refractivity contribution in [3.63, 3.8) is 0 Å². The first-order chi connectivity index (χ1) is 14.1. The molecule has 0 aliphatic carbocycles. The topological polar surface area (TPSA) is 91.0 Å². The third-order valence-electron chi connectivity index (χ3n) is 4.48. The van der Waals surface area contributed by atoms with Crippen molar-refractivity contribution in [2.45, 2.75) is 32.6 Å². The third kappa shape index (κ3) is 5.28. The van der Waals surface area contributed by atoms with E-state index < -0.39 is 10.9 Å². The van der Waals surface area contributed by atoms with E-state index >= 15 is 0 Å². The largest absolute Gasteiger partial charge is 0.494 e. The summed E-state index contributed by atoms with van der Waals surface area (Å²) in [5.74, 6) is 0.174. The molecule has 0 unspecified atom stereocenters. The number of oxime groups is 1. The number of nitro benzene ring substituents is 1. The summed E-state index contributed by atoms with van der Waals surface area (Å²) in [6, 6.07) is 13.3. The Kier molecular flexibility index (Phi) is 6.73. The molecule has 29 heavy (non-hydrogen) atoms. The molecule has 3 rings (SSSR count). The second-order valence-corrected chi connectivity index (χ2v) is 6.66. The van der Waals surface area contributed by atoms with Gasteiger partial charge in [0.05, 0.1) is 17.1 Å². The van der Waals surface area contributed by atoms with Crippen molar-refractivity contribution in [2.24, 2.45) is 5.16 Å². The number of carbonyl (C=O) groups is 1. The smallest absolute Gasteiger partial charge is 0.368 e. The van der Waals surface area contributed by atoms with E-state index in [0.717, 1.165) is 24.2 Å². The summed E-state index contributed by atoms with van der Waals surface area (Å²) in [4.78, 5) is 27.4. The Morgan fingerprint density at radius 1 is 1.14 bits per heavy atom. The lowest BCUT2D eigenvalue weighted by Crippen LogP contribution is -2.07. The molecular weight excluding hydrogens is 372 g/mol. The number of nitro groups is 1. The van der Waals surface area contributed by atoms with E-state index in [0.29, 0.717) is 12.2 Å². The summed E-state index contributed by atoms with van der Waals surface area (Å²) in [5, 5.41) is 14.8. The molecule has 1 aliphatic heterocycles. The van der Waals surface area contributed by atoms with Crippen LogP contribution >= 0.6 is 0 Å². The minimum atomic E-state index is -0.595. The first-order valence-electron chi connectivity index (χ1n) is 9.57. The zero-order chi connectivity index (χ0) is 20.6.